The van der Waals surface area contributed by atoms with Crippen molar-refractivity contribution in [2.75, 3.05) is 18.4 Å². The summed E-state index contributed by atoms with van der Waals surface area (Å²) in [5.41, 5.74) is 1.85. The van der Waals surface area contributed by atoms with Gasteiger partial charge in [-0.25, -0.2) is 4.98 Å². The standard InChI is InChI=1S/C20H22N4O3/c1-2-24-16-9-4-3-8-15(16)21-20(24)22-18(25)14-7-5-11-23(13-14)19(26)17-10-6-12-27-17/h3-4,6,8-10,12,14H,2,5,7,11,13H2,1H3,(H,21,22,25). The van der Waals surface area contributed by atoms with Crippen LogP contribution in [0.15, 0.2) is 47.1 Å². The Bertz CT molecular complexity index is 961. The minimum Gasteiger partial charge on any atom is -0.459 e. The largest absolute Gasteiger partial charge is 0.459 e. The first kappa shape index (κ1) is 17.3. The molecule has 2 aromatic heterocycles. The molecule has 7 nitrogen and oxygen atoms in total. The molecule has 4 rings (SSSR count). The van der Waals surface area contributed by atoms with Gasteiger partial charge in [-0.2, -0.15) is 0 Å². The van der Waals surface area contributed by atoms with Gasteiger partial charge in [0.15, 0.2) is 5.76 Å². The van der Waals surface area contributed by atoms with Crippen molar-refractivity contribution in [2.24, 2.45) is 5.92 Å². The van der Waals surface area contributed by atoms with E-state index in [0.717, 1.165) is 23.9 Å². The molecule has 1 atom stereocenters. The van der Waals surface area contributed by atoms with E-state index in [4.69, 9.17) is 4.42 Å². The van der Waals surface area contributed by atoms with Crippen molar-refractivity contribution < 1.29 is 14.0 Å². The molecule has 3 aromatic rings. The molecule has 0 saturated carbocycles. The van der Waals surface area contributed by atoms with Crippen molar-refractivity contribution >= 4 is 28.8 Å². The van der Waals surface area contributed by atoms with Crippen molar-refractivity contribution in [2.45, 2.75) is 26.3 Å². The maximum Gasteiger partial charge on any atom is 0.289 e. The van der Waals surface area contributed by atoms with Gasteiger partial charge in [-0.05, 0) is 44.0 Å². The minimum absolute atomic E-state index is 0.100. The number of nitrogens with zero attached hydrogens (tertiary/aromatic N) is 3. The van der Waals surface area contributed by atoms with Crippen molar-refractivity contribution in [3.05, 3.63) is 48.4 Å². The number of benzene rings is 1. The third-order valence-electron chi connectivity index (χ3n) is 5.02. The number of anilines is 1. The van der Waals surface area contributed by atoms with Gasteiger partial charge in [-0.3, -0.25) is 14.9 Å². The second kappa shape index (κ2) is 7.26. The van der Waals surface area contributed by atoms with Crippen LogP contribution in [0.4, 0.5) is 5.95 Å². The molecule has 1 aliphatic heterocycles. The van der Waals surface area contributed by atoms with Gasteiger partial charge in [0, 0.05) is 19.6 Å². The van der Waals surface area contributed by atoms with Crippen LogP contribution in [0.3, 0.4) is 0 Å². The van der Waals surface area contributed by atoms with Gasteiger partial charge in [0.05, 0.1) is 23.2 Å². The lowest BCUT2D eigenvalue weighted by molar-refractivity contribution is -0.121. The molecular weight excluding hydrogens is 344 g/mol. The van der Waals surface area contributed by atoms with E-state index in [2.05, 4.69) is 10.3 Å². The van der Waals surface area contributed by atoms with Crippen molar-refractivity contribution in [3.8, 4) is 0 Å². The summed E-state index contributed by atoms with van der Waals surface area (Å²) in [4.78, 5) is 31.6. The van der Waals surface area contributed by atoms with Gasteiger partial charge in [-0.15, -0.1) is 0 Å². The molecule has 1 fully saturated rings. The van der Waals surface area contributed by atoms with E-state index in [9.17, 15) is 9.59 Å². The number of likely N-dealkylation sites (tertiary alicyclic amines) is 1. The van der Waals surface area contributed by atoms with Gasteiger partial charge < -0.3 is 13.9 Å². The fourth-order valence-corrected chi connectivity index (χ4v) is 3.63. The summed E-state index contributed by atoms with van der Waals surface area (Å²) in [6, 6.07) is 11.2. The van der Waals surface area contributed by atoms with Crippen LogP contribution >= 0.6 is 0 Å². The van der Waals surface area contributed by atoms with Crippen molar-refractivity contribution in [1.29, 1.82) is 0 Å². The Morgan fingerprint density at radius 3 is 2.89 bits per heavy atom. The number of hydrogen-bond acceptors (Lipinski definition) is 4. The van der Waals surface area contributed by atoms with Crippen LogP contribution in [-0.4, -0.2) is 39.4 Å². The van der Waals surface area contributed by atoms with Gasteiger partial charge in [0.1, 0.15) is 0 Å². The summed E-state index contributed by atoms with van der Waals surface area (Å²) in [6.07, 6.45) is 3.02. The lowest BCUT2D eigenvalue weighted by atomic mass is 9.97. The zero-order valence-corrected chi connectivity index (χ0v) is 15.2. The van der Waals surface area contributed by atoms with Crippen LogP contribution in [0.1, 0.15) is 30.3 Å². The number of carbonyl (C=O) groups is 2. The molecule has 3 heterocycles. The molecule has 27 heavy (non-hydrogen) atoms. The number of carbonyl (C=O) groups excluding carboxylic acids is 2. The number of aromatic nitrogens is 2. The van der Waals surface area contributed by atoms with Crippen molar-refractivity contribution in [1.82, 2.24) is 14.5 Å². The first-order chi connectivity index (χ1) is 13.2. The summed E-state index contributed by atoms with van der Waals surface area (Å²) in [6.45, 7) is 3.76. The van der Waals surface area contributed by atoms with E-state index < -0.39 is 0 Å². The molecule has 0 bridgehead atoms. The summed E-state index contributed by atoms with van der Waals surface area (Å²) < 4.78 is 7.19. The smallest absolute Gasteiger partial charge is 0.289 e. The average Bonchev–Trinajstić information content (AvgIpc) is 3.35. The second-order valence-electron chi connectivity index (χ2n) is 6.73. The number of piperidine rings is 1. The Morgan fingerprint density at radius 1 is 1.26 bits per heavy atom. The normalized spacial score (nSPS) is 17.2. The zero-order chi connectivity index (χ0) is 18.8. The van der Waals surface area contributed by atoms with Gasteiger partial charge in [0.2, 0.25) is 11.9 Å². The highest BCUT2D eigenvalue weighted by molar-refractivity contribution is 5.95. The van der Waals surface area contributed by atoms with Crippen LogP contribution in [0.2, 0.25) is 0 Å². The van der Waals surface area contributed by atoms with E-state index >= 15 is 0 Å². The Balaban J connectivity index is 1.49. The van der Waals surface area contributed by atoms with Gasteiger partial charge in [0.25, 0.3) is 5.91 Å². The molecular formula is C20H22N4O3. The monoisotopic (exact) mass is 366 g/mol. The number of aryl methyl sites for hydroxylation is 1. The molecule has 2 amide bonds. The summed E-state index contributed by atoms with van der Waals surface area (Å²) in [7, 11) is 0. The lowest BCUT2D eigenvalue weighted by Gasteiger charge is -2.31. The topological polar surface area (TPSA) is 80.4 Å². The maximum absolute atomic E-state index is 12.8. The van der Waals surface area contributed by atoms with E-state index in [1.54, 1.807) is 17.0 Å². The molecule has 1 aromatic carbocycles. The number of para-hydroxylation sites is 2. The van der Waals surface area contributed by atoms with Crippen molar-refractivity contribution in [3.63, 3.8) is 0 Å². The molecule has 7 heteroatoms. The number of furan rings is 1. The van der Waals surface area contributed by atoms with Gasteiger partial charge in [-0.1, -0.05) is 12.1 Å². The number of fused-ring (bicyclic) bond motifs is 1. The number of rotatable bonds is 4. The van der Waals surface area contributed by atoms with Crippen LogP contribution in [0, 0.1) is 5.92 Å². The highest BCUT2D eigenvalue weighted by atomic mass is 16.3. The molecule has 0 aliphatic carbocycles. The third kappa shape index (κ3) is 3.32. The molecule has 1 saturated heterocycles. The van der Waals surface area contributed by atoms with Crippen LogP contribution in [-0.2, 0) is 11.3 Å². The molecule has 1 unspecified atom stereocenters. The van der Waals surface area contributed by atoms with Crippen LogP contribution in [0.5, 0.6) is 0 Å². The minimum atomic E-state index is -0.261. The summed E-state index contributed by atoms with van der Waals surface area (Å²) in [5, 5.41) is 2.97. The zero-order valence-electron chi connectivity index (χ0n) is 15.2. The Labute approximate surface area is 157 Å². The number of hydrogen-bond donors (Lipinski definition) is 1. The van der Waals surface area contributed by atoms with Crippen LogP contribution in [0.25, 0.3) is 11.0 Å². The third-order valence-corrected chi connectivity index (χ3v) is 5.02. The van der Waals surface area contributed by atoms with E-state index in [1.165, 1.54) is 6.26 Å². The fraction of sp³-hybridized carbons (Fsp3) is 0.350. The van der Waals surface area contributed by atoms with E-state index in [1.807, 2.05) is 35.8 Å². The predicted molar refractivity (Wildman–Crippen MR) is 101 cm³/mol. The maximum atomic E-state index is 12.8. The molecule has 0 radical (unpaired) electrons. The molecule has 1 aliphatic rings. The Hall–Kier alpha value is -3.09. The molecule has 140 valence electrons. The van der Waals surface area contributed by atoms with E-state index in [0.29, 0.717) is 31.3 Å². The predicted octanol–water partition coefficient (Wildman–Crippen LogP) is 3.14. The van der Waals surface area contributed by atoms with Crippen LogP contribution < -0.4 is 5.32 Å². The lowest BCUT2D eigenvalue weighted by Crippen LogP contribution is -2.43. The molecule has 1 N–H and O–H groups in total. The highest BCUT2D eigenvalue weighted by Gasteiger charge is 2.30. The highest BCUT2D eigenvalue weighted by Crippen LogP contribution is 2.23. The Morgan fingerprint density at radius 2 is 2.11 bits per heavy atom. The number of amides is 2. The summed E-state index contributed by atoms with van der Waals surface area (Å²) >= 11 is 0. The average molecular weight is 366 g/mol. The summed E-state index contributed by atoms with van der Waals surface area (Å²) in [5.74, 6) is 0.333. The van der Waals surface area contributed by atoms with E-state index in [-0.39, 0.29) is 17.7 Å². The fourth-order valence-electron chi connectivity index (χ4n) is 3.63. The SMILES string of the molecule is CCn1c(NC(=O)C2CCCN(C(=O)c3ccco3)C2)nc2ccccc21. The Kier molecular flexibility index (Phi) is 4.66. The number of nitrogens with one attached hydrogen (secondary N) is 1. The quantitative estimate of drug-likeness (QED) is 0.769. The first-order valence-corrected chi connectivity index (χ1v) is 9.26. The first-order valence-electron chi connectivity index (χ1n) is 9.26. The molecule has 0 spiro atoms. The second-order valence-corrected chi connectivity index (χ2v) is 6.73. The van der Waals surface area contributed by atoms with Gasteiger partial charge >= 0.3 is 0 Å². The number of imidazole rings is 1.